The standard InChI is InChI=1S/C20H17NO5S/c22-12-15-10-14(11-17-19(24)21-20(25)27-17)6-8-16(15)26-18(23)9-7-13-4-2-1-3-5-13/h1-6,8,10-11,22H,7,9,12H2,(H,21,24,25)/b17-11-. The van der Waals surface area contributed by atoms with Gasteiger partial charge in [0, 0.05) is 12.0 Å². The summed E-state index contributed by atoms with van der Waals surface area (Å²) in [4.78, 5) is 35.2. The van der Waals surface area contributed by atoms with Crippen molar-refractivity contribution in [3.63, 3.8) is 0 Å². The molecule has 0 spiro atoms. The molecule has 7 heteroatoms. The number of ether oxygens (including phenoxy) is 1. The fraction of sp³-hybridized carbons (Fsp3) is 0.150. The van der Waals surface area contributed by atoms with Gasteiger partial charge >= 0.3 is 5.97 Å². The molecule has 2 N–H and O–H groups in total. The summed E-state index contributed by atoms with van der Waals surface area (Å²) in [6, 6.07) is 14.5. The molecule has 6 nitrogen and oxygen atoms in total. The number of benzene rings is 2. The van der Waals surface area contributed by atoms with Crippen LogP contribution in [0.2, 0.25) is 0 Å². The van der Waals surface area contributed by atoms with E-state index in [9.17, 15) is 19.5 Å². The molecule has 0 atom stereocenters. The third-order valence-corrected chi connectivity index (χ3v) is 4.69. The number of imide groups is 1. The zero-order valence-electron chi connectivity index (χ0n) is 14.3. The molecule has 2 amide bonds. The molecule has 1 aliphatic heterocycles. The molecule has 1 heterocycles. The average Bonchev–Trinajstić information content (AvgIpc) is 2.99. The highest BCUT2D eigenvalue weighted by Crippen LogP contribution is 2.28. The molecule has 2 aromatic rings. The maximum absolute atomic E-state index is 12.1. The summed E-state index contributed by atoms with van der Waals surface area (Å²) in [7, 11) is 0. The lowest BCUT2D eigenvalue weighted by molar-refractivity contribution is -0.134. The Labute approximate surface area is 160 Å². The van der Waals surface area contributed by atoms with Crippen molar-refractivity contribution < 1.29 is 24.2 Å². The van der Waals surface area contributed by atoms with Gasteiger partial charge in [-0.25, -0.2) is 0 Å². The molecule has 0 unspecified atom stereocenters. The van der Waals surface area contributed by atoms with Crippen LogP contribution in [-0.4, -0.2) is 22.2 Å². The van der Waals surface area contributed by atoms with Crippen LogP contribution in [0.1, 0.15) is 23.1 Å². The molecule has 138 valence electrons. The van der Waals surface area contributed by atoms with Gasteiger partial charge in [0.1, 0.15) is 5.75 Å². The number of hydrogen-bond acceptors (Lipinski definition) is 6. The van der Waals surface area contributed by atoms with Gasteiger partial charge in [0.05, 0.1) is 11.5 Å². The normalized spacial score (nSPS) is 15.1. The maximum Gasteiger partial charge on any atom is 0.311 e. The highest BCUT2D eigenvalue weighted by atomic mass is 32.2. The summed E-state index contributed by atoms with van der Waals surface area (Å²) in [5.41, 5.74) is 2.09. The van der Waals surface area contributed by atoms with Crippen LogP contribution in [0.4, 0.5) is 4.79 Å². The summed E-state index contributed by atoms with van der Waals surface area (Å²) in [6.45, 7) is -0.323. The topological polar surface area (TPSA) is 92.7 Å². The molecule has 27 heavy (non-hydrogen) atoms. The van der Waals surface area contributed by atoms with E-state index in [0.29, 0.717) is 17.5 Å². The predicted molar refractivity (Wildman–Crippen MR) is 102 cm³/mol. The molecule has 1 saturated heterocycles. The summed E-state index contributed by atoms with van der Waals surface area (Å²) in [5.74, 6) is -0.569. The van der Waals surface area contributed by atoms with Crippen molar-refractivity contribution in [2.75, 3.05) is 0 Å². The summed E-state index contributed by atoms with van der Waals surface area (Å²) < 4.78 is 5.36. The van der Waals surface area contributed by atoms with E-state index < -0.39 is 17.1 Å². The summed E-state index contributed by atoms with van der Waals surface area (Å²) in [6.07, 6.45) is 2.34. The van der Waals surface area contributed by atoms with E-state index in [1.807, 2.05) is 30.3 Å². The minimum absolute atomic E-state index is 0.222. The fourth-order valence-corrected chi connectivity index (χ4v) is 3.23. The molecule has 3 rings (SSSR count). The number of carbonyl (C=O) groups excluding carboxylic acids is 3. The Morgan fingerprint density at radius 3 is 2.59 bits per heavy atom. The first-order chi connectivity index (χ1) is 13.0. The average molecular weight is 383 g/mol. The van der Waals surface area contributed by atoms with E-state index in [1.54, 1.807) is 24.3 Å². The molecule has 1 aliphatic rings. The molecule has 0 aliphatic carbocycles. The van der Waals surface area contributed by atoms with Crippen LogP contribution in [0.3, 0.4) is 0 Å². The minimum atomic E-state index is -0.452. The van der Waals surface area contributed by atoms with Crippen molar-refractivity contribution in [2.24, 2.45) is 0 Å². The van der Waals surface area contributed by atoms with E-state index in [1.165, 1.54) is 0 Å². The second kappa shape index (κ2) is 8.66. The van der Waals surface area contributed by atoms with E-state index in [4.69, 9.17) is 4.74 Å². The highest BCUT2D eigenvalue weighted by Gasteiger charge is 2.25. The lowest BCUT2D eigenvalue weighted by Crippen LogP contribution is -2.17. The summed E-state index contributed by atoms with van der Waals surface area (Å²) >= 11 is 0.815. The largest absolute Gasteiger partial charge is 0.426 e. The van der Waals surface area contributed by atoms with E-state index >= 15 is 0 Å². The van der Waals surface area contributed by atoms with Crippen LogP contribution in [-0.2, 0) is 22.6 Å². The molecule has 0 saturated carbocycles. The van der Waals surface area contributed by atoms with Crippen molar-refractivity contribution in [3.05, 3.63) is 70.1 Å². The Balaban J connectivity index is 1.67. The number of amides is 2. The number of thioether (sulfide) groups is 1. The zero-order valence-corrected chi connectivity index (χ0v) is 15.1. The quantitative estimate of drug-likeness (QED) is 0.452. The molecule has 2 aromatic carbocycles. The predicted octanol–water partition coefficient (Wildman–Crippen LogP) is 3.04. The van der Waals surface area contributed by atoms with E-state index in [0.717, 1.165) is 17.3 Å². The first-order valence-corrected chi connectivity index (χ1v) is 9.10. The van der Waals surface area contributed by atoms with Crippen molar-refractivity contribution in [3.8, 4) is 5.75 Å². The monoisotopic (exact) mass is 383 g/mol. The molecular formula is C20H17NO5S. The van der Waals surface area contributed by atoms with Gasteiger partial charge in [-0.05, 0) is 47.5 Å². The second-order valence-corrected chi connectivity index (χ2v) is 6.85. The van der Waals surface area contributed by atoms with Gasteiger partial charge in [-0.1, -0.05) is 36.4 Å². The SMILES string of the molecule is O=C(CCc1ccccc1)Oc1ccc(/C=C2\SC(=O)NC2=O)cc1CO. The molecule has 0 bridgehead atoms. The van der Waals surface area contributed by atoms with Crippen LogP contribution in [0.15, 0.2) is 53.4 Å². The number of esters is 1. The maximum atomic E-state index is 12.1. The van der Waals surface area contributed by atoms with Gasteiger partial charge in [0.2, 0.25) is 0 Å². The van der Waals surface area contributed by atoms with Crippen LogP contribution in [0, 0.1) is 0 Å². The molecule has 0 radical (unpaired) electrons. The summed E-state index contributed by atoms with van der Waals surface area (Å²) in [5, 5.41) is 11.3. The third-order valence-electron chi connectivity index (χ3n) is 3.88. The Morgan fingerprint density at radius 1 is 1.15 bits per heavy atom. The van der Waals surface area contributed by atoms with Gasteiger partial charge in [-0.2, -0.15) is 0 Å². The lowest BCUT2D eigenvalue weighted by atomic mass is 10.1. The number of aliphatic hydroxyl groups is 1. The molecular weight excluding hydrogens is 366 g/mol. The van der Waals surface area contributed by atoms with Crippen LogP contribution in [0.25, 0.3) is 6.08 Å². The Morgan fingerprint density at radius 2 is 1.93 bits per heavy atom. The van der Waals surface area contributed by atoms with Gasteiger partial charge in [-0.3, -0.25) is 19.7 Å². The van der Waals surface area contributed by atoms with Crippen molar-refractivity contribution in [2.45, 2.75) is 19.4 Å². The number of aliphatic hydroxyl groups excluding tert-OH is 1. The Bertz CT molecular complexity index is 908. The Kier molecular flexibility index (Phi) is 6.05. The van der Waals surface area contributed by atoms with Gasteiger partial charge in [0.15, 0.2) is 0 Å². The first kappa shape index (κ1) is 18.9. The Hall–Kier alpha value is -2.90. The fourth-order valence-electron chi connectivity index (χ4n) is 2.55. The second-order valence-electron chi connectivity index (χ2n) is 5.84. The van der Waals surface area contributed by atoms with Gasteiger partial charge in [0.25, 0.3) is 11.1 Å². The van der Waals surface area contributed by atoms with Gasteiger partial charge in [-0.15, -0.1) is 0 Å². The number of rotatable bonds is 6. The number of nitrogens with one attached hydrogen (secondary N) is 1. The smallest absolute Gasteiger partial charge is 0.311 e. The van der Waals surface area contributed by atoms with Crippen LogP contribution >= 0.6 is 11.8 Å². The van der Waals surface area contributed by atoms with Gasteiger partial charge < -0.3 is 9.84 Å². The lowest BCUT2D eigenvalue weighted by Gasteiger charge is -2.10. The number of hydrogen-bond donors (Lipinski definition) is 2. The number of aryl methyl sites for hydroxylation is 1. The zero-order chi connectivity index (χ0) is 19.2. The van der Waals surface area contributed by atoms with Crippen molar-refractivity contribution in [1.82, 2.24) is 5.32 Å². The number of carbonyl (C=O) groups is 3. The van der Waals surface area contributed by atoms with Crippen molar-refractivity contribution >= 4 is 35.0 Å². The van der Waals surface area contributed by atoms with Crippen LogP contribution < -0.4 is 10.1 Å². The molecule has 0 aromatic heterocycles. The molecule has 1 fully saturated rings. The van der Waals surface area contributed by atoms with E-state index in [2.05, 4.69) is 5.32 Å². The van der Waals surface area contributed by atoms with Crippen LogP contribution in [0.5, 0.6) is 5.75 Å². The highest BCUT2D eigenvalue weighted by molar-refractivity contribution is 8.18. The third kappa shape index (κ3) is 5.06. The minimum Gasteiger partial charge on any atom is -0.426 e. The van der Waals surface area contributed by atoms with Crippen molar-refractivity contribution in [1.29, 1.82) is 0 Å². The van der Waals surface area contributed by atoms with E-state index in [-0.39, 0.29) is 23.7 Å². The first-order valence-electron chi connectivity index (χ1n) is 8.28.